The van der Waals surface area contributed by atoms with Gasteiger partial charge in [0.1, 0.15) is 0 Å². The van der Waals surface area contributed by atoms with Crippen molar-refractivity contribution in [2.24, 2.45) is 0 Å². The molecule has 2 unspecified atom stereocenters. The van der Waals surface area contributed by atoms with Gasteiger partial charge in [0.15, 0.2) is 0 Å². The molecular weight excluding hydrogens is 302 g/mol. The Labute approximate surface area is 149 Å². The van der Waals surface area contributed by atoms with Gasteiger partial charge in [-0.05, 0) is 47.7 Å². The van der Waals surface area contributed by atoms with Crippen LogP contribution in [0.3, 0.4) is 0 Å². The van der Waals surface area contributed by atoms with Crippen molar-refractivity contribution in [3.05, 3.63) is 96.6 Å². The van der Waals surface area contributed by atoms with Gasteiger partial charge in [-0.25, -0.2) is 0 Å². The average molecular weight is 323 g/mol. The molecule has 0 fully saturated rings. The molecule has 2 atom stereocenters. The smallest absolute Gasteiger partial charge is 0.0453 e. The molecule has 1 aliphatic heterocycles. The van der Waals surface area contributed by atoms with Crippen LogP contribution in [0.2, 0.25) is 0 Å². The predicted octanol–water partition coefficient (Wildman–Crippen LogP) is 6.31. The fraction of sp³-hybridized carbons (Fsp3) is 0.167. The summed E-state index contributed by atoms with van der Waals surface area (Å²) in [5, 5.41) is 0. The SMILES string of the molecule is C1=CC2c3ccccc3N(c3ccc(-c4ccccc4)cc3)C2CC1. The van der Waals surface area contributed by atoms with Crippen molar-refractivity contribution in [1.29, 1.82) is 0 Å². The number of anilines is 2. The van der Waals surface area contributed by atoms with E-state index in [9.17, 15) is 0 Å². The van der Waals surface area contributed by atoms with Gasteiger partial charge >= 0.3 is 0 Å². The largest absolute Gasteiger partial charge is 0.337 e. The van der Waals surface area contributed by atoms with Crippen LogP contribution in [0.1, 0.15) is 24.3 Å². The second-order valence-electron chi connectivity index (χ2n) is 6.94. The number of benzene rings is 3. The molecule has 0 radical (unpaired) electrons. The lowest BCUT2D eigenvalue weighted by Gasteiger charge is -2.31. The first-order valence-corrected chi connectivity index (χ1v) is 9.12. The Balaban J connectivity index is 1.55. The fourth-order valence-corrected chi connectivity index (χ4v) is 4.36. The van der Waals surface area contributed by atoms with Gasteiger partial charge in [-0.1, -0.05) is 72.8 Å². The van der Waals surface area contributed by atoms with Crippen molar-refractivity contribution in [3.63, 3.8) is 0 Å². The first kappa shape index (κ1) is 14.5. The zero-order valence-corrected chi connectivity index (χ0v) is 14.2. The summed E-state index contributed by atoms with van der Waals surface area (Å²) >= 11 is 0. The minimum absolute atomic E-state index is 0.527. The highest BCUT2D eigenvalue weighted by atomic mass is 15.2. The lowest BCUT2D eigenvalue weighted by atomic mass is 9.87. The van der Waals surface area contributed by atoms with Gasteiger partial charge in [-0.3, -0.25) is 0 Å². The van der Waals surface area contributed by atoms with Crippen LogP contribution in [-0.4, -0.2) is 6.04 Å². The monoisotopic (exact) mass is 323 g/mol. The summed E-state index contributed by atoms with van der Waals surface area (Å²) in [7, 11) is 0. The Hall–Kier alpha value is -2.80. The maximum Gasteiger partial charge on any atom is 0.0453 e. The van der Waals surface area contributed by atoms with Crippen LogP contribution in [-0.2, 0) is 0 Å². The first-order chi connectivity index (χ1) is 12.4. The Morgan fingerprint density at radius 1 is 0.720 bits per heavy atom. The molecule has 1 heterocycles. The van der Waals surface area contributed by atoms with Gasteiger partial charge in [-0.15, -0.1) is 0 Å². The summed E-state index contributed by atoms with van der Waals surface area (Å²) in [5.41, 5.74) is 6.69. The Kier molecular flexibility index (Phi) is 3.45. The van der Waals surface area contributed by atoms with E-state index in [0.717, 1.165) is 0 Å². The van der Waals surface area contributed by atoms with Gasteiger partial charge in [-0.2, -0.15) is 0 Å². The Morgan fingerprint density at radius 3 is 2.28 bits per heavy atom. The molecule has 0 bridgehead atoms. The number of allylic oxidation sites excluding steroid dienone is 1. The standard InChI is InChI=1S/C24H21N/c1-2-8-18(9-3-1)19-14-16-20(17-15-19)25-23-12-6-4-10-21(23)22-11-5-7-13-24(22)25/h1-6,8-12,14-17,22,24H,7,13H2. The van der Waals surface area contributed by atoms with Gasteiger partial charge in [0, 0.05) is 23.3 Å². The summed E-state index contributed by atoms with van der Waals surface area (Å²) in [6.07, 6.45) is 7.15. The second-order valence-corrected chi connectivity index (χ2v) is 6.94. The maximum atomic E-state index is 2.55. The molecule has 1 heteroatoms. The van der Waals surface area contributed by atoms with Crippen LogP contribution in [0.15, 0.2) is 91.0 Å². The number of nitrogens with zero attached hydrogens (tertiary/aromatic N) is 1. The highest BCUT2D eigenvalue weighted by Crippen LogP contribution is 2.48. The lowest BCUT2D eigenvalue weighted by Crippen LogP contribution is -2.30. The van der Waals surface area contributed by atoms with Crippen molar-refractivity contribution < 1.29 is 0 Å². The molecule has 5 rings (SSSR count). The first-order valence-electron chi connectivity index (χ1n) is 9.12. The maximum absolute atomic E-state index is 2.55. The molecule has 0 N–H and O–H groups in total. The Morgan fingerprint density at radius 2 is 1.44 bits per heavy atom. The zero-order valence-electron chi connectivity index (χ0n) is 14.2. The number of hydrogen-bond donors (Lipinski definition) is 0. The van der Waals surface area contributed by atoms with Crippen molar-refractivity contribution in [3.8, 4) is 11.1 Å². The van der Waals surface area contributed by atoms with Crippen molar-refractivity contribution >= 4 is 11.4 Å². The van der Waals surface area contributed by atoms with Crippen LogP contribution < -0.4 is 4.90 Å². The van der Waals surface area contributed by atoms with E-state index in [1.165, 1.54) is 40.9 Å². The summed E-state index contributed by atoms with van der Waals surface area (Å²) in [6, 6.07) is 29.1. The van der Waals surface area contributed by atoms with Gasteiger partial charge < -0.3 is 4.90 Å². The Bertz CT molecular complexity index is 908. The second kappa shape index (κ2) is 5.93. The van der Waals surface area contributed by atoms with E-state index >= 15 is 0 Å². The molecule has 0 amide bonds. The highest BCUT2D eigenvalue weighted by Gasteiger charge is 2.38. The number of para-hydroxylation sites is 1. The molecular formula is C24H21N. The van der Waals surface area contributed by atoms with Gasteiger partial charge in [0.2, 0.25) is 0 Å². The van der Waals surface area contributed by atoms with E-state index in [4.69, 9.17) is 0 Å². The van der Waals surface area contributed by atoms with Gasteiger partial charge in [0.25, 0.3) is 0 Å². The van der Waals surface area contributed by atoms with E-state index < -0.39 is 0 Å². The summed E-state index contributed by atoms with van der Waals surface area (Å²) in [6.45, 7) is 0. The minimum atomic E-state index is 0.527. The van der Waals surface area contributed by atoms with E-state index in [1.807, 2.05) is 0 Å². The zero-order chi connectivity index (χ0) is 16.6. The topological polar surface area (TPSA) is 3.24 Å². The molecule has 0 saturated carbocycles. The molecule has 0 aromatic heterocycles. The number of fused-ring (bicyclic) bond motifs is 3. The molecule has 3 aromatic carbocycles. The molecule has 25 heavy (non-hydrogen) atoms. The third-order valence-corrected chi connectivity index (χ3v) is 5.53. The molecule has 2 aliphatic rings. The minimum Gasteiger partial charge on any atom is -0.337 e. The lowest BCUT2D eigenvalue weighted by molar-refractivity contribution is 0.565. The summed E-state index contributed by atoms with van der Waals surface area (Å²) in [4.78, 5) is 2.55. The van der Waals surface area contributed by atoms with Crippen molar-refractivity contribution in [2.75, 3.05) is 4.90 Å². The molecule has 0 saturated heterocycles. The van der Waals surface area contributed by atoms with Crippen molar-refractivity contribution in [1.82, 2.24) is 0 Å². The normalized spacial score (nSPS) is 21.0. The highest BCUT2D eigenvalue weighted by molar-refractivity contribution is 5.75. The van der Waals surface area contributed by atoms with E-state index in [-0.39, 0.29) is 0 Å². The number of rotatable bonds is 2. The summed E-state index contributed by atoms with van der Waals surface area (Å²) in [5.74, 6) is 0.527. The average Bonchev–Trinajstić information content (AvgIpc) is 3.03. The van der Waals surface area contributed by atoms with Crippen LogP contribution >= 0.6 is 0 Å². The summed E-state index contributed by atoms with van der Waals surface area (Å²) < 4.78 is 0. The van der Waals surface area contributed by atoms with Crippen LogP contribution in [0, 0.1) is 0 Å². The van der Waals surface area contributed by atoms with Crippen LogP contribution in [0.4, 0.5) is 11.4 Å². The van der Waals surface area contributed by atoms with E-state index in [2.05, 4.69) is 95.9 Å². The third-order valence-electron chi connectivity index (χ3n) is 5.53. The van der Waals surface area contributed by atoms with E-state index in [0.29, 0.717) is 12.0 Å². The van der Waals surface area contributed by atoms with Crippen LogP contribution in [0.25, 0.3) is 11.1 Å². The number of hydrogen-bond acceptors (Lipinski definition) is 1. The van der Waals surface area contributed by atoms with Crippen molar-refractivity contribution in [2.45, 2.75) is 24.8 Å². The molecule has 1 nitrogen and oxygen atoms in total. The van der Waals surface area contributed by atoms with Gasteiger partial charge in [0.05, 0.1) is 0 Å². The predicted molar refractivity (Wildman–Crippen MR) is 105 cm³/mol. The molecule has 0 spiro atoms. The quantitative estimate of drug-likeness (QED) is 0.500. The molecule has 1 aliphatic carbocycles. The molecule has 3 aromatic rings. The van der Waals surface area contributed by atoms with Crippen LogP contribution in [0.5, 0.6) is 0 Å². The van der Waals surface area contributed by atoms with E-state index in [1.54, 1.807) is 0 Å². The third kappa shape index (κ3) is 2.39. The fourth-order valence-electron chi connectivity index (χ4n) is 4.36. The molecule has 122 valence electrons.